The Bertz CT molecular complexity index is 405. The third-order valence-electron chi connectivity index (χ3n) is 3.72. The first-order chi connectivity index (χ1) is 8.65. The van der Waals surface area contributed by atoms with Gasteiger partial charge in [0.2, 0.25) is 0 Å². The molecule has 1 aromatic carbocycles. The summed E-state index contributed by atoms with van der Waals surface area (Å²) in [6, 6.07) is 5.97. The summed E-state index contributed by atoms with van der Waals surface area (Å²) in [6.45, 7) is 2.06. The van der Waals surface area contributed by atoms with Crippen molar-refractivity contribution in [3.63, 3.8) is 0 Å². The fraction of sp³-hybridized carbons (Fsp3) is 0.571. The van der Waals surface area contributed by atoms with Crippen LogP contribution < -0.4 is 10.2 Å². The predicted molar refractivity (Wildman–Crippen MR) is 78.0 cm³/mol. The van der Waals surface area contributed by atoms with Crippen LogP contribution >= 0.6 is 11.8 Å². The van der Waals surface area contributed by atoms with E-state index in [1.807, 2.05) is 31.9 Å². The zero-order chi connectivity index (χ0) is 13.1. The fourth-order valence-corrected chi connectivity index (χ4v) is 3.69. The maximum atomic E-state index is 14.2. The zero-order valence-corrected chi connectivity index (χ0v) is 12.1. The number of nitrogens with one attached hydrogen (secondary N) is 1. The Morgan fingerprint density at radius 1 is 1.50 bits per heavy atom. The van der Waals surface area contributed by atoms with Crippen LogP contribution in [0.1, 0.15) is 24.9 Å². The quantitative estimate of drug-likeness (QED) is 0.903. The Morgan fingerprint density at radius 3 is 2.89 bits per heavy atom. The molecule has 1 saturated heterocycles. The third-order valence-corrected chi connectivity index (χ3v) is 4.87. The average Bonchev–Trinajstić information content (AvgIpc) is 2.90. The van der Waals surface area contributed by atoms with Crippen molar-refractivity contribution in [2.75, 3.05) is 30.5 Å². The van der Waals surface area contributed by atoms with E-state index < -0.39 is 0 Å². The Hall–Kier alpha value is -0.740. The van der Waals surface area contributed by atoms with Gasteiger partial charge in [-0.25, -0.2) is 4.39 Å². The number of hydrogen-bond donors (Lipinski definition) is 1. The largest absolute Gasteiger partial charge is 0.368 e. The highest BCUT2D eigenvalue weighted by Crippen LogP contribution is 2.33. The van der Waals surface area contributed by atoms with Crippen molar-refractivity contribution in [2.24, 2.45) is 0 Å². The van der Waals surface area contributed by atoms with Crippen LogP contribution in [0.25, 0.3) is 0 Å². The van der Waals surface area contributed by atoms with Crippen LogP contribution in [0.3, 0.4) is 0 Å². The third kappa shape index (κ3) is 2.64. The SMILES string of the molecule is CNC(C)c1cccc(F)c1N(C)C1CCSC1. The Kier molecular flexibility index (Phi) is 4.51. The summed E-state index contributed by atoms with van der Waals surface area (Å²) >= 11 is 1.95. The molecular weight excluding hydrogens is 247 g/mol. The number of para-hydroxylation sites is 1. The molecule has 100 valence electrons. The number of rotatable bonds is 4. The lowest BCUT2D eigenvalue weighted by molar-refractivity contribution is 0.588. The van der Waals surface area contributed by atoms with E-state index in [1.54, 1.807) is 12.1 Å². The lowest BCUT2D eigenvalue weighted by Crippen LogP contribution is -2.33. The summed E-state index contributed by atoms with van der Waals surface area (Å²) in [5.41, 5.74) is 1.80. The Morgan fingerprint density at radius 2 is 2.28 bits per heavy atom. The van der Waals surface area contributed by atoms with Crippen LogP contribution in [0.2, 0.25) is 0 Å². The second-order valence-corrected chi connectivity index (χ2v) is 5.97. The molecule has 2 unspecified atom stereocenters. The smallest absolute Gasteiger partial charge is 0.146 e. The van der Waals surface area contributed by atoms with E-state index >= 15 is 0 Å². The van der Waals surface area contributed by atoms with Gasteiger partial charge in [0.05, 0.1) is 5.69 Å². The maximum absolute atomic E-state index is 14.2. The molecular formula is C14H21FN2S. The van der Waals surface area contributed by atoms with Gasteiger partial charge in [-0.05, 0) is 37.8 Å². The van der Waals surface area contributed by atoms with Crippen molar-refractivity contribution in [1.82, 2.24) is 5.32 Å². The normalized spacial score (nSPS) is 21.0. The van der Waals surface area contributed by atoms with E-state index in [4.69, 9.17) is 0 Å². The molecule has 1 heterocycles. The van der Waals surface area contributed by atoms with Gasteiger partial charge in [-0.1, -0.05) is 12.1 Å². The van der Waals surface area contributed by atoms with Crippen molar-refractivity contribution in [3.8, 4) is 0 Å². The first kappa shape index (κ1) is 13.7. The van der Waals surface area contributed by atoms with Crippen molar-refractivity contribution >= 4 is 17.4 Å². The van der Waals surface area contributed by atoms with E-state index in [0.29, 0.717) is 6.04 Å². The molecule has 0 aromatic heterocycles. The molecule has 0 spiro atoms. The van der Waals surface area contributed by atoms with Crippen LogP contribution in [-0.4, -0.2) is 31.6 Å². The first-order valence-electron chi connectivity index (χ1n) is 6.41. The Balaban J connectivity index is 2.34. The zero-order valence-electron chi connectivity index (χ0n) is 11.2. The molecule has 1 fully saturated rings. The summed E-state index contributed by atoms with van der Waals surface area (Å²) in [7, 11) is 3.92. The maximum Gasteiger partial charge on any atom is 0.146 e. The summed E-state index contributed by atoms with van der Waals surface area (Å²) in [6.07, 6.45) is 1.14. The minimum atomic E-state index is -0.117. The predicted octanol–water partition coefficient (Wildman–Crippen LogP) is 3.05. The van der Waals surface area contributed by atoms with E-state index in [9.17, 15) is 4.39 Å². The summed E-state index contributed by atoms with van der Waals surface area (Å²) < 4.78 is 14.2. The van der Waals surface area contributed by atoms with Gasteiger partial charge in [0, 0.05) is 24.9 Å². The second kappa shape index (κ2) is 5.93. The molecule has 1 N–H and O–H groups in total. The number of halogens is 1. The fourth-order valence-electron chi connectivity index (χ4n) is 2.42. The second-order valence-electron chi connectivity index (χ2n) is 4.82. The lowest BCUT2D eigenvalue weighted by atomic mass is 10.0. The average molecular weight is 268 g/mol. The van der Waals surface area contributed by atoms with Crippen molar-refractivity contribution in [2.45, 2.75) is 25.4 Å². The molecule has 4 heteroatoms. The standard InChI is InChI=1S/C14H21FN2S/c1-10(16-2)12-5-4-6-13(15)14(12)17(3)11-7-8-18-9-11/h4-6,10-11,16H,7-9H2,1-3H3. The van der Waals surface area contributed by atoms with Gasteiger partial charge in [-0.15, -0.1) is 0 Å². The highest BCUT2D eigenvalue weighted by Gasteiger charge is 2.25. The summed E-state index contributed by atoms with van der Waals surface area (Å²) in [5.74, 6) is 2.16. The molecule has 18 heavy (non-hydrogen) atoms. The molecule has 0 saturated carbocycles. The molecule has 0 bridgehead atoms. The highest BCUT2D eigenvalue weighted by atomic mass is 32.2. The molecule has 2 nitrogen and oxygen atoms in total. The molecule has 0 radical (unpaired) electrons. The van der Waals surface area contributed by atoms with Crippen LogP contribution in [-0.2, 0) is 0 Å². The van der Waals surface area contributed by atoms with E-state index in [2.05, 4.69) is 17.1 Å². The molecule has 1 aliphatic heterocycles. The van der Waals surface area contributed by atoms with Gasteiger partial charge in [-0.3, -0.25) is 0 Å². The van der Waals surface area contributed by atoms with Gasteiger partial charge < -0.3 is 10.2 Å². The van der Waals surface area contributed by atoms with Gasteiger partial charge >= 0.3 is 0 Å². The van der Waals surface area contributed by atoms with Crippen LogP contribution in [0.5, 0.6) is 0 Å². The highest BCUT2D eigenvalue weighted by molar-refractivity contribution is 7.99. The Labute approximate surface area is 113 Å². The minimum absolute atomic E-state index is 0.117. The summed E-state index contributed by atoms with van der Waals surface area (Å²) in [5, 5.41) is 3.20. The lowest BCUT2D eigenvalue weighted by Gasteiger charge is -2.30. The van der Waals surface area contributed by atoms with Crippen molar-refractivity contribution < 1.29 is 4.39 Å². The molecule has 1 aromatic rings. The van der Waals surface area contributed by atoms with Gasteiger partial charge in [0.1, 0.15) is 5.82 Å². The van der Waals surface area contributed by atoms with Gasteiger partial charge in [0.15, 0.2) is 0 Å². The summed E-state index contributed by atoms with van der Waals surface area (Å²) in [4.78, 5) is 2.12. The molecule has 0 aliphatic carbocycles. The molecule has 1 aliphatic rings. The number of nitrogens with zero attached hydrogens (tertiary/aromatic N) is 1. The van der Waals surface area contributed by atoms with Crippen molar-refractivity contribution in [3.05, 3.63) is 29.6 Å². The molecule has 0 amide bonds. The molecule has 2 atom stereocenters. The number of anilines is 1. The topological polar surface area (TPSA) is 15.3 Å². The number of hydrogen-bond acceptors (Lipinski definition) is 3. The van der Waals surface area contributed by atoms with Crippen molar-refractivity contribution in [1.29, 1.82) is 0 Å². The molecule has 2 rings (SSSR count). The van der Waals surface area contributed by atoms with Crippen LogP contribution in [0, 0.1) is 5.82 Å². The minimum Gasteiger partial charge on any atom is -0.368 e. The van der Waals surface area contributed by atoms with E-state index in [1.165, 1.54) is 5.75 Å². The monoisotopic (exact) mass is 268 g/mol. The first-order valence-corrected chi connectivity index (χ1v) is 7.57. The number of thioether (sulfide) groups is 1. The van der Waals surface area contributed by atoms with E-state index in [0.717, 1.165) is 23.4 Å². The number of benzene rings is 1. The van der Waals surface area contributed by atoms with Gasteiger partial charge in [-0.2, -0.15) is 11.8 Å². The van der Waals surface area contributed by atoms with Gasteiger partial charge in [0.25, 0.3) is 0 Å². The van der Waals surface area contributed by atoms with Crippen LogP contribution in [0.15, 0.2) is 18.2 Å². The van der Waals surface area contributed by atoms with E-state index in [-0.39, 0.29) is 11.9 Å². The van der Waals surface area contributed by atoms with Crippen LogP contribution in [0.4, 0.5) is 10.1 Å².